The summed E-state index contributed by atoms with van der Waals surface area (Å²) in [5.74, 6) is 1.01. The molecule has 0 radical (unpaired) electrons. The summed E-state index contributed by atoms with van der Waals surface area (Å²) in [5, 5.41) is 0.457. The van der Waals surface area contributed by atoms with E-state index in [4.69, 9.17) is 32.7 Å². The molecule has 2 rings (SSSR count). The molecule has 0 fully saturated rings. The fourth-order valence-corrected chi connectivity index (χ4v) is 2.75. The highest BCUT2D eigenvalue weighted by molar-refractivity contribution is 9.10. The van der Waals surface area contributed by atoms with Gasteiger partial charge in [-0.15, -0.1) is 11.6 Å². The Morgan fingerprint density at radius 3 is 2.67 bits per heavy atom. The lowest BCUT2D eigenvalue weighted by Gasteiger charge is -2.14. The minimum atomic E-state index is -0.369. The van der Waals surface area contributed by atoms with Gasteiger partial charge in [-0.25, -0.2) is 4.39 Å². The first-order valence-corrected chi connectivity index (χ1v) is 7.74. The van der Waals surface area contributed by atoms with Gasteiger partial charge in [0.2, 0.25) is 0 Å². The van der Waals surface area contributed by atoms with E-state index in [9.17, 15) is 4.39 Å². The lowest BCUT2D eigenvalue weighted by Crippen LogP contribution is -2.01. The highest BCUT2D eigenvalue weighted by Crippen LogP contribution is 2.37. The third-order valence-electron chi connectivity index (χ3n) is 2.82. The van der Waals surface area contributed by atoms with Crippen LogP contribution in [0, 0.1) is 5.82 Å². The van der Waals surface area contributed by atoms with Gasteiger partial charge in [0.15, 0.2) is 11.5 Å². The molecule has 0 spiro atoms. The quantitative estimate of drug-likeness (QED) is 0.618. The van der Waals surface area contributed by atoms with Crippen LogP contribution in [0.3, 0.4) is 0 Å². The fraction of sp³-hybridized carbons (Fsp3) is 0.200. The highest BCUT2D eigenvalue weighted by atomic mass is 79.9. The molecule has 0 saturated carbocycles. The van der Waals surface area contributed by atoms with Gasteiger partial charge in [-0.1, -0.05) is 11.6 Å². The lowest BCUT2D eigenvalue weighted by molar-refractivity contribution is 0.277. The van der Waals surface area contributed by atoms with Crippen LogP contribution in [0.2, 0.25) is 5.02 Å². The standard InChI is InChI=1S/C15H12BrCl2FO2/c1-20-14-5-9(7-17)4-12(16)15(14)21-8-10-6-11(18)2-3-13(10)19/h2-6H,7-8H2,1H3. The molecule has 0 N–H and O–H groups in total. The van der Waals surface area contributed by atoms with Crippen LogP contribution in [-0.4, -0.2) is 7.11 Å². The Bertz CT molecular complexity index is 650. The maximum atomic E-state index is 13.7. The molecule has 6 heteroatoms. The molecular formula is C15H12BrCl2FO2. The molecule has 2 aromatic rings. The lowest BCUT2D eigenvalue weighted by atomic mass is 10.2. The number of ether oxygens (including phenoxy) is 2. The second-order valence-corrected chi connectivity index (χ2v) is 5.83. The van der Waals surface area contributed by atoms with Gasteiger partial charge in [-0.3, -0.25) is 0 Å². The maximum absolute atomic E-state index is 13.7. The number of alkyl halides is 1. The SMILES string of the molecule is COc1cc(CCl)cc(Br)c1OCc1cc(Cl)ccc1F. The van der Waals surface area contributed by atoms with Crippen LogP contribution in [0.5, 0.6) is 11.5 Å². The molecule has 112 valence electrons. The zero-order valence-electron chi connectivity index (χ0n) is 11.1. The zero-order valence-corrected chi connectivity index (χ0v) is 14.2. The normalized spacial score (nSPS) is 10.5. The summed E-state index contributed by atoms with van der Waals surface area (Å²) in [7, 11) is 1.53. The zero-order chi connectivity index (χ0) is 15.4. The van der Waals surface area contributed by atoms with Crippen LogP contribution in [0.1, 0.15) is 11.1 Å². The third kappa shape index (κ3) is 4.02. The van der Waals surface area contributed by atoms with Crippen molar-refractivity contribution in [2.24, 2.45) is 0 Å². The average molecular weight is 394 g/mol. The smallest absolute Gasteiger partial charge is 0.175 e. The Balaban J connectivity index is 2.25. The number of rotatable bonds is 5. The van der Waals surface area contributed by atoms with Crippen molar-refractivity contribution in [3.63, 3.8) is 0 Å². The van der Waals surface area contributed by atoms with Crippen molar-refractivity contribution >= 4 is 39.1 Å². The molecule has 21 heavy (non-hydrogen) atoms. The summed E-state index contributed by atoms with van der Waals surface area (Å²) in [4.78, 5) is 0. The topological polar surface area (TPSA) is 18.5 Å². The predicted molar refractivity (Wildman–Crippen MR) is 86.0 cm³/mol. The molecular weight excluding hydrogens is 382 g/mol. The Labute approximate surface area is 140 Å². The first-order valence-electron chi connectivity index (χ1n) is 6.04. The Morgan fingerprint density at radius 2 is 2.00 bits per heavy atom. The van der Waals surface area contributed by atoms with Gasteiger partial charge < -0.3 is 9.47 Å². The summed E-state index contributed by atoms with van der Waals surface area (Å²) in [5.41, 5.74) is 1.26. The van der Waals surface area contributed by atoms with E-state index >= 15 is 0 Å². The van der Waals surface area contributed by atoms with Crippen molar-refractivity contribution in [1.82, 2.24) is 0 Å². The maximum Gasteiger partial charge on any atom is 0.175 e. The van der Waals surface area contributed by atoms with Crippen LogP contribution in [0.4, 0.5) is 4.39 Å². The van der Waals surface area contributed by atoms with Gasteiger partial charge >= 0.3 is 0 Å². The first kappa shape index (κ1) is 16.4. The molecule has 0 aliphatic carbocycles. The third-order valence-corrected chi connectivity index (χ3v) is 3.96. The summed E-state index contributed by atoms with van der Waals surface area (Å²) in [6.45, 7) is 0.0432. The van der Waals surface area contributed by atoms with E-state index in [0.717, 1.165) is 5.56 Å². The van der Waals surface area contributed by atoms with Crippen LogP contribution in [0.15, 0.2) is 34.8 Å². The highest BCUT2D eigenvalue weighted by Gasteiger charge is 2.13. The monoisotopic (exact) mass is 392 g/mol. The van der Waals surface area contributed by atoms with Crippen molar-refractivity contribution in [3.8, 4) is 11.5 Å². The molecule has 0 aromatic heterocycles. The van der Waals surface area contributed by atoms with E-state index in [2.05, 4.69) is 15.9 Å². The first-order chi connectivity index (χ1) is 10.0. The molecule has 0 unspecified atom stereocenters. The largest absolute Gasteiger partial charge is 0.493 e. The van der Waals surface area contributed by atoms with Gasteiger partial charge in [-0.05, 0) is 51.8 Å². The molecule has 0 bridgehead atoms. The molecule has 0 atom stereocenters. The number of hydrogen-bond acceptors (Lipinski definition) is 2. The van der Waals surface area contributed by atoms with Gasteiger partial charge in [0.05, 0.1) is 11.6 Å². The molecule has 0 saturated heterocycles. The van der Waals surface area contributed by atoms with Crippen molar-refractivity contribution in [2.75, 3.05) is 7.11 Å². The molecule has 0 amide bonds. The van der Waals surface area contributed by atoms with Gasteiger partial charge in [-0.2, -0.15) is 0 Å². The summed E-state index contributed by atoms with van der Waals surface area (Å²) < 4.78 is 25.3. The van der Waals surface area contributed by atoms with E-state index < -0.39 is 0 Å². The molecule has 2 nitrogen and oxygen atoms in total. The van der Waals surface area contributed by atoms with Gasteiger partial charge in [0.1, 0.15) is 12.4 Å². The number of methoxy groups -OCH3 is 1. The van der Waals surface area contributed by atoms with E-state index in [1.165, 1.54) is 25.3 Å². The minimum absolute atomic E-state index is 0.0432. The molecule has 2 aromatic carbocycles. The van der Waals surface area contributed by atoms with Crippen molar-refractivity contribution in [1.29, 1.82) is 0 Å². The summed E-state index contributed by atoms with van der Waals surface area (Å²) >= 11 is 15.1. The second-order valence-electron chi connectivity index (χ2n) is 4.27. The number of halogens is 4. The second kappa shape index (κ2) is 7.34. The van der Waals surface area contributed by atoms with E-state index in [1.807, 2.05) is 6.07 Å². The minimum Gasteiger partial charge on any atom is -0.493 e. The van der Waals surface area contributed by atoms with Crippen molar-refractivity contribution in [2.45, 2.75) is 12.5 Å². The van der Waals surface area contributed by atoms with Gasteiger partial charge in [0.25, 0.3) is 0 Å². The van der Waals surface area contributed by atoms with Crippen molar-refractivity contribution in [3.05, 3.63) is 56.8 Å². The average Bonchev–Trinajstić information content (AvgIpc) is 2.48. The molecule has 0 aliphatic rings. The summed E-state index contributed by atoms with van der Waals surface area (Å²) in [6, 6.07) is 7.95. The number of hydrogen-bond donors (Lipinski definition) is 0. The Kier molecular flexibility index (Phi) is 5.73. The Hall–Kier alpha value is -0.970. The van der Waals surface area contributed by atoms with E-state index in [0.29, 0.717) is 32.4 Å². The van der Waals surface area contributed by atoms with Crippen LogP contribution >= 0.6 is 39.1 Å². The van der Waals surface area contributed by atoms with Crippen LogP contribution < -0.4 is 9.47 Å². The van der Waals surface area contributed by atoms with Crippen LogP contribution in [0.25, 0.3) is 0 Å². The van der Waals surface area contributed by atoms with Crippen molar-refractivity contribution < 1.29 is 13.9 Å². The van der Waals surface area contributed by atoms with Gasteiger partial charge in [0, 0.05) is 16.5 Å². The summed E-state index contributed by atoms with van der Waals surface area (Å²) in [6.07, 6.45) is 0. The fourth-order valence-electron chi connectivity index (χ4n) is 1.79. The molecule has 0 aliphatic heterocycles. The van der Waals surface area contributed by atoms with E-state index in [-0.39, 0.29) is 12.4 Å². The Morgan fingerprint density at radius 1 is 1.24 bits per heavy atom. The predicted octanol–water partition coefficient (Wildman–Crippen LogP) is 5.57. The number of benzene rings is 2. The van der Waals surface area contributed by atoms with Crippen LogP contribution in [-0.2, 0) is 12.5 Å². The van der Waals surface area contributed by atoms with E-state index in [1.54, 1.807) is 6.07 Å². The molecule has 0 heterocycles.